The van der Waals surface area contributed by atoms with Crippen molar-refractivity contribution in [2.45, 2.75) is 82.8 Å². The van der Waals surface area contributed by atoms with E-state index in [0.717, 1.165) is 9.80 Å². The smallest absolute Gasteiger partial charge is 0.410 e. The number of allylic oxidation sites excluding steroid dienone is 1. The maximum absolute atomic E-state index is 13.5. The number of amides is 8. The molecule has 0 aromatic carbocycles. The van der Waals surface area contributed by atoms with E-state index in [1.807, 2.05) is 0 Å². The molecule has 1 saturated heterocycles. The number of carbonyl (C=O) groups is 12. The number of hydrogen-bond donors (Lipinski definition) is 8. The number of nitrogens with one attached hydrogen (secondary N) is 4. The fraction of sp³-hybridized carbons (Fsp3) is 0.714. The first-order valence-corrected chi connectivity index (χ1v) is 26.3. The van der Waals surface area contributed by atoms with Crippen LogP contribution in [0.3, 0.4) is 0 Å². The summed E-state index contributed by atoms with van der Waals surface area (Å²) in [5, 5.41) is 50.9. The van der Waals surface area contributed by atoms with E-state index in [4.69, 9.17) is 9.47 Å². The van der Waals surface area contributed by atoms with Crippen molar-refractivity contribution in [3.05, 3.63) is 12.2 Å². The summed E-state index contributed by atoms with van der Waals surface area (Å²) in [5.41, 5.74) is -1.89. The zero-order valence-electron chi connectivity index (χ0n) is 45.6. The number of carbonyl (C=O) groups excluding carboxylic acids is 9. The molecule has 446 valence electrons. The lowest BCUT2D eigenvalue weighted by molar-refractivity contribution is -0.197. The van der Waals surface area contributed by atoms with Crippen molar-refractivity contribution in [1.29, 1.82) is 0 Å². The van der Waals surface area contributed by atoms with E-state index in [1.165, 1.54) is 14.1 Å². The Kier molecular flexibility index (Phi) is 32.7. The second-order valence-corrected chi connectivity index (χ2v) is 19.0. The van der Waals surface area contributed by atoms with Crippen LogP contribution in [0.4, 0.5) is 4.79 Å². The summed E-state index contributed by atoms with van der Waals surface area (Å²) < 4.78 is 10.8. The van der Waals surface area contributed by atoms with Crippen LogP contribution < -0.4 is 21.3 Å². The molecule has 0 bridgehead atoms. The molecule has 30 nitrogen and oxygen atoms in total. The minimum absolute atomic E-state index is 0.00905. The zero-order chi connectivity index (χ0) is 58.8. The van der Waals surface area contributed by atoms with E-state index in [0.29, 0.717) is 24.3 Å². The molecule has 1 aliphatic carbocycles. The second kappa shape index (κ2) is 37.9. The standard InChI is InChI=1S/C49H81N11O19/c1-4-9-42(66)60(36-61)79-46(73)13-29-77-28-12-38(62)50-16-7-17-52-40(64)31-55(3)48(75)78-37-10-5-6-14-49(76,15-11-37)47(74)54(2)30-39(63)51-18-8-19-53-41(65)32-56-20-22-57(33-43(67)68)24-26-59(35-45(71)72)27-25-58(23-21-56)34-44(69)70/h5,10,36-37,76H,4,6-9,11-35H2,1-3H3,(H,50,62)(H,51,63)(H,52,64)(H,53,65)(H,67,68)(H,69,70)(H,71,72)/b10-5+. The zero-order valence-corrected chi connectivity index (χ0v) is 45.6. The Morgan fingerprint density at radius 1 is 0.620 bits per heavy atom. The van der Waals surface area contributed by atoms with Gasteiger partial charge in [-0.15, -0.1) is 5.06 Å². The maximum atomic E-state index is 13.5. The molecule has 1 fully saturated rings. The Bertz CT molecular complexity index is 2040. The van der Waals surface area contributed by atoms with Crippen LogP contribution in [0.15, 0.2) is 12.2 Å². The maximum Gasteiger partial charge on any atom is 0.410 e. The van der Waals surface area contributed by atoms with E-state index >= 15 is 0 Å². The van der Waals surface area contributed by atoms with Gasteiger partial charge < -0.3 is 65.8 Å². The SMILES string of the molecule is CCCC(=O)N(C=O)OC(=O)CCOCCC(=O)NCCCNC(=O)CN(C)C(=O)OC1/C=C/CCC(O)(C(=O)N(C)CC(=O)NCCCNC(=O)CN2CCN(CC(=O)O)CCN(CC(=O)O)CCN(CC(=O)O)CC2)CC1. The number of nitrogens with zero attached hydrogens (tertiary/aromatic N) is 7. The van der Waals surface area contributed by atoms with Gasteiger partial charge in [0.05, 0.1) is 52.4 Å². The monoisotopic (exact) mass is 1130 g/mol. The van der Waals surface area contributed by atoms with Gasteiger partial charge in [0, 0.05) is 105 Å². The second-order valence-electron chi connectivity index (χ2n) is 19.0. The molecule has 8 amide bonds. The van der Waals surface area contributed by atoms with Gasteiger partial charge in [0.15, 0.2) is 0 Å². The van der Waals surface area contributed by atoms with Crippen LogP contribution >= 0.6 is 0 Å². The van der Waals surface area contributed by atoms with E-state index in [2.05, 4.69) is 26.1 Å². The highest BCUT2D eigenvalue weighted by Crippen LogP contribution is 2.27. The van der Waals surface area contributed by atoms with Crippen LogP contribution in [0.25, 0.3) is 0 Å². The number of aliphatic hydroxyl groups is 1. The van der Waals surface area contributed by atoms with Crippen molar-refractivity contribution in [2.75, 3.05) is 145 Å². The fourth-order valence-corrected chi connectivity index (χ4v) is 7.99. The Balaban J connectivity index is 1.71. The van der Waals surface area contributed by atoms with Gasteiger partial charge in [-0.3, -0.25) is 67.5 Å². The summed E-state index contributed by atoms with van der Waals surface area (Å²) in [6, 6.07) is 0. The fourth-order valence-electron chi connectivity index (χ4n) is 7.99. The summed E-state index contributed by atoms with van der Waals surface area (Å²) in [5.74, 6) is -7.13. The normalized spacial score (nSPS) is 18.3. The third-order valence-electron chi connectivity index (χ3n) is 12.3. The molecule has 2 rings (SSSR count). The van der Waals surface area contributed by atoms with Gasteiger partial charge >= 0.3 is 30.0 Å². The Labute approximate surface area is 458 Å². The molecule has 0 spiro atoms. The largest absolute Gasteiger partial charge is 0.480 e. The summed E-state index contributed by atoms with van der Waals surface area (Å²) in [7, 11) is 2.73. The molecule has 0 aromatic rings. The Morgan fingerprint density at radius 2 is 1.08 bits per heavy atom. The molecule has 30 heteroatoms. The first-order chi connectivity index (χ1) is 37.5. The van der Waals surface area contributed by atoms with Gasteiger partial charge in [-0.2, -0.15) is 0 Å². The van der Waals surface area contributed by atoms with Gasteiger partial charge in [-0.25, -0.2) is 9.59 Å². The molecule has 2 unspecified atom stereocenters. The molecular formula is C49H81N11O19. The van der Waals surface area contributed by atoms with Gasteiger partial charge in [0.2, 0.25) is 23.6 Å². The van der Waals surface area contributed by atoms with Crippen LogP contribution in [0.1, 0.15) is 71.1 Å². The minimum Gasteiger partial charge on any atom is -0.480 e. The molecule has 2 atom stereocenters. The summed E-state index contributed by atoms with van der Waals surface area (Å²) in [6.45, 7) is 2.59. The van der Waals surface area contributed by atoms with Crippen molar-refractivity contribution in [3.8, 4) is 0 Å². The molecule has 1 aliphatic heterocycles. The first kappa shape index (κ1) is 68.2. The molecule has 8 N–H and O–H groups in total. The highest BCUT2D eigenvalue weighted by atomic mass is 16.7. The highest BCUT2D eigenvalue weighted by molar-refractivity contribution is 5.89. The van der Waals surface area contributed by atoms with Gasteiger partial charge in [-0.1, -0.05) is 13.0 Å². The third-order valence-corrected chi connectivity index (χ3v) is 12.3. The third kappa shape index (κ3) is 30.2. The number of carboxylic acids is 3. The average Bonchev–Trinajstić information content (AvgIpc) is 3.38. The summed E-state index contributed by atoms with van der Waals surface area (Å²) in [6.07, 6.45) is 2.86. The number of imide groups is 1. The number of hydrogen-bond acceptors (Lipinski definition) is 20. The molecule has 0 aromatic heterocycles. The van der Waals surface area contributed by atoms with E-state index < -0.39 is 65.3 Å². The van der Waals surface area contributed by atoms with Gasteiger partial charge in [0.1, 0.15) is 18.2 Å². The molecule has 2 aliphatic rings. The van der Waals surface area contributed by atoms with Gasteiger partial charge in [0.25, 0.3) is 18.2 Å². The quantitative estimate of drug-likeness (QED) is 0.0145. The summed E-state index contributed by atoms with van der Waals surface area (Å²) >= 11 is 0. The van der Waals surface area contributed by atoms with Crippen molar-refractivity contribution in [2.24, 2.45) is 0 Å². The number of likely N-dealkylation sites (N-methyl/N-ethyl adjacent to an activating group) is 2. The van der Waals surface area contributed by atoms with Crippen molar-refractivity contribution >= 4 is 71.8 Å². The van der Waals surface area contributed by atoms with Crippen molar-refractivity contribution in [1.82, 2.24) is 55.7 Å². The number of hydroxylamine groups is 2. The molecule has 1 heterocycles. The van der Waals surface area contributed by atoms with Crippen LogP contribution in [0.5, 0.6) is 0 Å². The van der Waals surface area contributed by atoms with Crippen LogP contribution in [0.2, 0.25) is 0 Å². The van der Waals surface area contributed by atoms with E-state index in [-0.39, 0.29) is 194 Å². The van der Waals surface area contributed by atoms with E-state index in [1.54, 1.807) is 38.7 Å². The Hall–Kier alpha value is -6.86. The lowest BCUT2D eigenvalue weighted by Gasteiger charge is -2.33. The predicted molar refractivity (Wildman–Crippen MR) is 277 cm³/mol. The van der Waals surface area contributed by atoms with Crippen LogP contribution in [-0.4, -0.2) is 284 Å². The minimum atomic E-state index is -1.89. The molecule has 79 heavy (non-hydrogen) atoms. The lowest BCUT2D eigenvalue weighted by Crippen LogP contribution is -2.51. The molecule has 0 radical (unpaired) electrons. The Morgan fingerprint density at radius 3 is 1.56 bits per heavy atom. The van der Waals surface area contributed by atoms with E-state index in [9.17, 15) is 78.0 Å². The van der Waals surface area contributed by atoms with Gasteiger partial charge in [-0.05, 0) is 51.0 Å². The van der Waals surface area contributed by atoms with Crippen LogP contribution in [-0.2, 0) is 67.1 Å². The lowest BCUT2D eigenvalue weighted by atomic mass is 9.87. The predicted octanol–water partition coefficient (Wildman–Crippen LogP) is -3.50. The highest BCUT2D eigenvalue weighted by Gasteiger charge is 2.39. The van der Waals surface area contributed by atoms with Crippen molar-refractivity contribution in [3.63, 3.8) is 0 Å². The number of ether oxygens (including phenoxy) is 2. The molecule has 0 saturated carbocycles. The average molecular weight is 1130 g/mol. The summed E-state index contributed by atoms with van der Waals surface area (Å²) in [4.78, 5) is 160. The number of carboxylic acid groups (broad SMARTS) is 3. The molecular weight excluding hydrogens is 1050 g/mol. The number of rotatable bonds is 31. The first-order valence-electron chi connectivity index (χ1n) is 26.3. The van der Waals surface area contributed by atoms with Crippen LogP contribution in [0, 0.1) is 0 Å². The van der Waals surface area contributed by atoms with Crippen molar-refractivity contribution < 1.29 is 92.3 Å². The topological polar surface area (TPSA) is 384 Å². The number of aliphatic carboxylic acids is 3.